The number of carbonyl (C=O) groups is 2. The quantitative estimate of drug-likeness (QED) is 0.913. The third-order valence-corrected chi connectivity index (χ3v) is 2.91. The van der Waals surface area contributed by atoms with Crippen molar-refractivity contribution in [1.29, 1.82) is 5.26 Å². The zero-order valence-corrected chi connectivity index (χ0v) is 11.8. The highest BCUT2D eigenvalue weighted by Crippen LogP contribution is 2.12. The number of anilines is 1. The fourth-order valence-electron chi connectivity index (χ4n) is 1.84. The lowest BCUT2D eigenvalue weighted by molar-refractivity contribution is 0.0959. The molecule has 0 unspecified atom stereocenters. The molecule has 0 atom stereocenters. The van der Waals surface area contributed by atoms with Crippen LogP contribution in [0.3, 0.4) is 0 Å². The number of amides is 3. The molecule has 116 valence electrons. The third kappa shape index (κ3) is 4.11. The Morgan fingerprint density at radius 2 is 1.65 bits per heavy atom. The van der Waals surface area contributed by atoms with Crippen LogP contribution in [-0.4, -0.2) is 11.9 Å². The normalized spacial score (nSPS) is 9.78. The number of urea groups is 1. The van der Waals surface area contributed by atoms with Gasteiger partial charge < -0.3 is 5.32 Å². The Morgan fingerprint density at radius 3 is 2.22 bits per heavy atom. The number of imide groups is 1. The molecule has 0 aliphatic heterocycles. The molecule has 0 heterocycles. The van der Waals surface area contributed by atoms with Crippen LogP contribution in [0.2, 0.25) is 0 Å². The maximum Gasteiger partial charge on any atom is 0.326 e. The summed E-state index contributed by atoms with van der Waals surface area (Å²) in [5.74, 6) is -3.30. The Morgan fingerprint density at radius 1 is 1.04 bits per heavy atom. The molecule has 2 aromatic rings. The Kier molecular flexibility index (Phi) is 5.00. The summed E-state index contributed by atoms with van der Waals surface area (Å²) >= 11 is 0. The molecule has 23 heavy (non-hydrogen) atoms. The number of nitrogens with zero attached hydrogens (tertiary/aromatic N) is 1. The predicted molar refractivity (Wildman–Crippen MR) is 78.6 cm³/mol. The van der Waals surface area contributed by atoms with E-state index < -0.39 is 29.1 Å². The Balaban J connectivity index is 2.02. The molecule has 0 saturated carbocycles. The number of hydrogen-bond donors (Lipinski definition) is 2. The van der Waals surface area contributed by atoms with E-state index in [2.05, 4.69) is 5.32 Å². The highest BCUT2D eigenvalue weighted by atomic mass is 19.1. The number of rotatable bonds is 3. The van der Waals surface area contributed by atoms with Gasteiger partial charge in [-0.1, -0.05) is 18.2 Å². The average molecular weight is 315 g/mol. The van der Waals surface area contributed by atoms with Crippen molar-refractivity contribution in [2.75, 3.05) is 5.32 Å². The van der Waals surface area contributed by atoms with Crippen molar-refractivity contribution in [3.63, 3.8) is 0 Å². The summed E-state index contributed by atoms with van der Waals surface area (Å²) in [7, 11) is 0. The minimum atomic E-state index is -1.18. The van der Waals surface area contributed by atoms with Gasteiger partial charge in [0.05, 0.1) is 12.5 Å². The van der Waals surface area contributed by atoms with Gasteiger partial charge in [-0.3, -0.25) is 10.1 Å². The van der Waals surface area contributed by atoms with E-state index >= 15 is 0 Å². The van der Waals surface area contributed by atoms with Gasteiger partial charge in [0.15, 0.2) is 0 Å². The summed E-state index contributed by atoms with van der Waals surface area (Å²) in [6, 6.07) is 10.4. The molecular weight excluding hydrogens is 304 g/mol. The minimum absolute atomic E-state index is 0.234. The SMILES string of the molecule is N#CCc1ccc(NC(=O)NC(=O)c2c(F)cccc2F)cc1. The average Bonchev–Trinajstić information content (AvgIpc) is 2.49. The van der Waals surface area contributed by atoms with Crippen LogP contribution in [0.1, 0.15) is 15.9 Å². The van der Waals surface area contributed by atoms with Gasteiger partial charge in [0, 0.05) is 5.69 Å². The second kappa shape index (κ2) is 7.13. The first-order valence-electron chi connectivity index (χ1n) is 6.53. The third-order valence-electron chi connectivity index (χ3n) is 2.91. The van der Waals surface area contributed by atoms with Gasteiger partial charge in [0.2, 0.25) is 0 Å². The summed E-state index contributed by atoms with van der Waals surface area (Å²) in [5.41, 5.74) is 0.306. The lowest BCUT2D eigenvalue weighted by Gasteiger charge is -2.08. The van der Waals surface area contributed by atoms with Crippen molar-refractivity contribution in [3.05, 3.63) is 65.2 Å². The Hall–Kier alpha value is -3.27. The molecule has 0 aliphatic carbocycles. The Labute approximate surface area is 130 Å². The van der Waals surface area contributed by atoms with E-state index in [1.165, 1.54) is 0 Å². The van der Waals surface area contributed by atoms with Crippen LogP contribution in [0.5, 0.6) is 0 Å². The van der Waals surface area contributed by atoms with Crippen molar-refractivity contribution < 1.29 is 18.4 Å². The molecule has 0 aromatic heterocycles. The molecule has 0 spiro atoms. The van der Waals surface area contributed by atoms with Crippen LogP contribution < -0.4 is 10.6 Å². The smallest absolute Gasteiger partial charge is 0.308 e. The molecule has 2 aromatic carbocycles. The van der Waals surface area contributed by atoms with Gasteiger partial charge in [-0.15, -0.1) is 0 Å². The fourth-order valence-corrected chi connectivity index (χ4v) is 1.84. The molecule has 7 heteroatoms. The number of benzene rings is 2. The van der Waals surface area contributed by atoms with Crippen molar-refractivity contribution in [1.82, 2.24) is 5.32 Å². The van der Waals surface area contributed by atoms with E-state index in [0.29, 0.717) is 5.69 Å². The van der Waals surface area contributed by atoms with Crippen LogP contribution in [0.25, 0.3) is 0 Å². The molecule has 0 saturated heterocycles. The molecule has 3 amide bonds. The molecule has 2 N–H and O–H groups in total. The number of hydrogen-bond acceptors (Lipinski definition) is 3. The molecule has 2 rings (SSSR count). The van der Waals surface area contributed by atoms with E-state index in [4.69, 9.17) is 5.26 Å². The van der Waals surface area contributed by atoms with Gasteiger partial charge in [-0.25, -0.2) is 13.6 Å². The van der Waals surface area contributed by atoms with Crippen LogP contribution in [-0.2, 0) is 6.42 Å². The lowest BCUT2D eigenvalue weighted by Crippen LogP contribution is -2.35. The van der Waals surface area contributed by atoms with Gasteiger partial charge in [0.25, 0.3) is 5.91 Å². The number of nitriles is 1. The molecular formula is C16H11F2N3O2. The van der Waals surface area contributed by atoms with Crippen molar-refractivity contribution in [2.24, 2.45) is 0 Å². The zero-order valence-electron chi connectivity index (χ0n) is 11.8. The topological polar surface area (TPSA) is 82.0 Å². The van der Waals surface area contributed by atoms with Crippen molar-refractivity contribution in [2.45, 2.75) is 6.42 Å². The number of nitrogens with one attached hydrogen (secondary N) is 2. The largest absolute Gasteiger partial charge is 0.326 e. The highest BCUT2D eigenvalue weighted by molar-refractivity contribution is 6.08. The van der Waals surface area contributed by atoms with Gasteiger partial charge >= 0.3 is 6.03 Å². The highest BCUT2D eigenvalue weighted by Gasteiger charge is 2.19. The van der Waals surface area contributed by atoms with E-state index in [0.717, 1.165) is 23.8 Å². The fraction of sp³-hybridized carbons (Fsp3) is 0.0625. The molecule has 5 nitrogen and oxygen atoms in total. The van der Waals surface area contributed by atoms with Crippen LogP contribution >= 0.6 is 0 Å². The first kappa shape index (κ1) is 16.1. The first-order valence-corrected chi connectivity index (χ1v) is 6.53. The van der Waals surface area contributed by atoms with E-state index in [9.17, 15) is 18.4 Å². The maximum absolute atomic E-state index is 13.4. The van der Waals surface area contributed by atoms with Gasteiger partial charge in [0.1, 0.15) is 17.2 Å². The summed E-state index contributed by atoms with van der Waals surface area (Å²) in [5, 5.41) is 12.8. The number of carbonyl (C=O) groups excluding carboxylic acids is 2. The molecule has 0 radical (unpaired) electrons. The monoisotopic (exact) mass is 315 g/mol. The Bertz CT molecular complexity index is 763. The lowest BCUT2D eigenvalue weighted by atomic mass is 10.1. The van der Waals surface area contributed by atoms with Gasteiger partial charge in [-0.2, -0.15) is 5.26 Å². The second-order valence-corrected chi connectivity index (χ2v) is 4.54. The molecule has 0 aliphatic rings. The van der Waals surface area contributed by atoms with E-state index in [1.807, 2.05) is 11.4 Å². The minimum Gasteiger partial charge on any atom is -0.308 e. The maximum atomic E-state index is 13.4. The predicted octanol–water partition coefficient (Wildman–Crippen LogP) is 2.99. The van der Waals surface area contributed by atoms with E-state index in [-0.39, 0.29) is 6.42 Å². The number of halogens is 2. The summed E-state index contributed by atoms with van der Waals surface area (Å²) in [4.78, 5) is 23.4. The zero-order chi connectivity index (χ0) is 16.8. The standard InChI is InChI=1S/C16H11F2N3O2/c17-12-2-1-3-13(18)14(12)15(22)21-16(23)20-11-6-4-10(5-7-11)8-9-19/h1-7H,8H2,(H2,20,21,22,23). The summed E-state index contributed by atoms with van der Waals surface area (Å²) in [6.45, 7) is 0. The second-order valence-electron chi connectivity index (χ2n) is 4.54. The van der Waals surface area contributed by atoms with Crippen LogP contribution in [0, 0.1) is 23.0 Å². The summed E-state index contributed by atoms with van der Waals surface area (Å²) < 4.78 is 26.9. The van der Waals surface area contributed by atoms with Crippen LogP contribution in [0.15, 0.2) is 42.5 Å². The summed E-state index contributed by atoms with van der Waals surface area (Å²) in [6.07, 6.45) is 0.234. The van der Waals surface area contributed by atoms with E-state index in [1.54, 1.807) is 24.3 Å². The van der Waals surface area contributed by atoms with Gasteiger partial charge in [-0.05, 0) is 29.8 Å². The first-order chi connectivity index (χ1) is 11.0. The van der Waals surface area contributed by atoms with Crippen LogP contribution in [0.4, 0.5) is 19.3 Å². The van der Waals surface area contributed by atoms with Crippen molar-refractivity contribution in [3.8, 4) is 6.07 Å². The van der Waals surface area contributed by atoms with Crippen molar-refractivity contribution >= 4 is 17.6 Å². The molecule has 0 fully saturated rings. The molecule has 0 bridgehead atoms.